The number of hydrogen-bond donors (Lipinski definition) is 2. The summed E-state index contributed by atoms with van der Waals surface area (Å²) in [5.74, 6) is 1.61. The van der Waals surface area contributed by atoms with Crippen LogP contribution in [0.4, 0.5) is 0 Å². The third kappa shape index (κ3) is 7.06. The molecule has 2 aliphatic rings. The van der Waals surface area contributed by atoms with E-state index in [1.54, 1.807) is 19.0 Å². The van der Waals surface area contributed by atoms with Crippen molar-refractivity contribution in [3.8, 4) is 0 Å². The van der Waals surface area contributed by atoms with Gasteiger partial charge in [0.05, 0.1) is 0 Å². The fourth-order valence-corrected chi connectivity index (χ4v) is 3.54. The molecule has 1 saturated carbocycles. The number of nitrogens with zero attached hydrogens (tertiary/aromatic N) is 3. The van der Waals surface area contributed by atoms with Gasteiger partial charge in [-0.25, -0.2) is 4.99 Å². The molecule has 1 unspecified atom stereocenters. The Morgan fingerprint density at radius 1 is 1.28 bits per heavy atom. The maximum Gasteiger partial charge on any atom is 0.243 e. The molecule has 2 N–H and O–H groups in total. The van der Waals surface area contributed by atoms with Gasteiger partial charge in [0.15, 0.2) is 5.96 Å². The molecule has 6 nitrogen and oxygen atoms in total. The highest BCUT2D eigenvalue weighted by Gasteiger charge is 2.26. The summed E-state index contributed by atoms with van der Waals surface area (Å²) >= 11 is 0. The quantitative estimate of drug-likeness (QED) is 0.415. The number of hydrogen-bond acceptors (Lipinski definition) is 3. The fraction of sp³-hybridized carbons (Fsp3) is 0.789. The molecular weight excluding hydrogens is 314 g/mol. The van der Waals surface area contributed by atoms with Crippen LogP contribution in [0, 0.1) is 5.92 Å². The van der Waals surface area contributed by atoms with E-state index in [-0.39, 0.29) is 12.5 Å². The van der Waals surface area contributed by atoms with Crippen LogP contribution in [0.2, 0.25) is 0 Å². The molecule has 142 valence electrons. The lowest BCUT2D eigenvalue weighted by atomic mass is 10.1. The van der Waals surface area contributed by atoms with E-state index in [4.69, 9.17) is 0 Å². The highest BCUT2D eigenvalue weighted by atomic mass is 16.2. The molecule has 1 heterocycles. The summed E-state index contributed by atoms with van der Waals surface area (Å²) in [5, 5.41) is 6.78. The number of aliphatic imine (C=N–C) groups is 1. The maximum atomic E-state index is 11.8. The second-order valence-corrected chi connectivity index (χ2v) is 7.80. The third-order valence-corrected chi connectivity index (χ3v) is 5.03. The van der Waals surface area contributed by atoms with E-state index < -0.39 is 0 Å². The zero-order valence-electron chi connectivity index (χ0n) is 16.2. The Kier molecular flexibility index (Phi) is 7.75. The summed E-state index contributed by atoms with van der Waals surface area (Å²) in [6.45, 7) is 10.2. The average molecular weight is 350 g/mol. The molecule has 0 bridgehead atoms. The van der Waals surface area contributed by atoms with E-state index in [1.807, 2.05) is 6.92 Å². The van der Waals surface area contributed by atoms with Gasteiger partial charge in [-0.2, -0.15) is 0 Å². The van der Waals surface area contributed by atoms with Crippen LogP contribution in [-0.2, 0) is 4.79 Å². The third-order valence-electron chi connectivity index (χ3n) is 5.03. The molecule has 1 aliphatic heterocycles. The minimum absolute atomic E-state index is 0.00528. The van der Waals surface area contributed by atoms with Crippen molar-refractivity contribution in [3.63, 3.8) is 0 Å². The normalized spacial score (nSPS) is 22.2. The number of likely N-dealkylation sites (N-methyl/N-ethyl adjacent to an activating group) is 1. The van der Waals surface area contributed by atoms with Gasteiger partial charge in [0.25, 0.3) is 0 Å². The first-order valence-electron chi connectivity index (χ1n) is 9.55. The molecule has 1 saturated heterocycles. The number of likely N-dealkylation sites (tertiary alicyclic amines) is 1. The Morgan fingerprint density at radius 2 is 2.00 bits per heavy atom. The lowest BCUT2D eigenvalue weighted by Gasteiger charge is -2.21. The van der Waals surface area contributed by atoms with Gasteiger partial charge in [-0.1, -0.05) is 25.0 Å². The number of nitrogens with one attached hydrogen (secondary N) is 2. The van der Waals surface area contributed by atoms with Gasteiger partial charge in [0.2, 0.25) is 5.91 Å². The monoisotopic (exact) mass is 349 g/mol. The standard InChI is InChI=1S/C19H35N5O/c1-15(2)11-20-19(21-12-18(25)23(3)4)22-17-9-10-24(14-17)13-16-7-5-6-8-16/h16-17H,1,5-14H2,2-4H3,(H2,20,21,22). The highest BCUT2D eigenvalue weighted by molar-refractivity contribution is 5.85. The number of carbonyl (C=O) groups is 1. The summed E-state index contributed by atoms with van der Waals surface area (Å²) in [5.41, 5.74) is 1.04. The van der Waals surface area contributed by atoms with Crippen molar-refractivity contribution in [2.24, 2.45) is 10.9 Å². The summed E-state index contributed by atoms with van der Waals surface area (Å²) < 4.78 is 0. The Hall–Kier alpha value is -1.56. The van der Waals surface area contributed by atoms with E-state index in [1.165, 1.54) is 32.2 Å². The first kappa shape index (κ1) is 19.8. The summed E-state index contributed by atoms with van der Waals surface area (Å²) in [7, 11) is 3.51. The second-order valence-electron chi connectivity index (χ2n) is 7.80. The van der Waals surface area contributed by atoms with Crippen molar-refractivity contribution in [1.29, 1.82) is 0 Å². The molecule has 0 spiro atoms. The predicted molar refractivity (Wildman–Crippen MR) is 104 cm³/mol. The van der Waals surface area contributed by atoms with Gasteiger partial charge < -0.3 is 20.4 Å². The lowest BCUT2D eigenvalue weighted by Crippen LogP contribution is -2.45. The molecule has 0 aromatic rings. The van der Waals surface area contributed by atoms with Crippen molar-refractivity contribution in [1.82, 2.24) is 20.4 Å². The fourth-order valence-electron chi connectivity index (χ4n) is 3.54. The molecule has 25 heavy (non-hydrogen) atoms. The molecule has 1 amide bonds. The topological polar surface area (TPSA) is 60.0 Å². The van der Waals surface area contributed by atoms with E-state index in [9.17, 15) is 4.79 Å². The largest absolute Gasteiger partial charge is 0.353 e. The van der Waals surface area contributed by atoms with Gasteiger partial charge >= 0.3 is 0 Å². The molecular formula is C19H35N5O. The highest BCUT2D eigenvalue weighted by Crippen LogP contribution is 2.26. The first-order chi connectivity index (χ1) is 11.9. The molecule has 2 rings (SSSR count). The molecule has 0 aromatic heterocycles. The summed E-state index contributed by atoms with van der Waals surface area (Å²) in [6, 6.07) is 0.396. The van der Waals surface area contributed by atoms with Crippen LogP contribution in [-0.4, -0.2) is 74.5 Å². The van der Waals surface area contributed by atoms with Crippen molar-refractivity contribution >= 4 is 11.9 Å². The van der Waals surface area contributed by atoms with Gasteiger partial charge in [-0.05, 0) is 32.1 Å². The van der Waals surface area contributed by atoms with Crippen LogP contribution >= 0.6 is 0 Å². The van der Waals surface area contributed by atoms with Crippen molar-refractivity contribution in [2.45, 2.75) is 45.1 Å². The van der Waals surface area contributed by atoms with Crippen molar-refractivity contribution in [2.75, 3.05) is 46.8 Å². The van der Waals surface area contributed by atoms with Gasteiger partial charge in [-0.15, -0.1) is 0 Å². The van der Waals surface area contributed by atoms with E-state index in [0.717, 1.165) is 31.0 Å². The first-order valence-corrected chi connectivity index (χ1v) is 9.55. The smallest absolute Gasteiger partial charge is 0.243 e. The van der Waals surface area contributed by atoms with E-state index >= 15 is 0 Å². The minimum atomic E-state index is 0.00528. The minimum Gasteiger partial charge on any atom is -0.353 e. The molecule has 0 radical (unpaired) electrons. The Morgan fingerprint density at radius 3 is 2.64 bits per heavy atom. The molecule has 1 atom stereocenters. The van der Waals surface area contributed by atoms with Crippen LogP contribution < -0.4 is 10.6 Å². The summed E-state index contributed by atoms with van der Waals surface area (Å²) in [6.07, 6.45) is 6.73. The average Bonchev–Trinajstić information content (AvgIpc) is 3.22. The second kappa shape index (κ2) is 9.80. The van der Waals surface area contributed by atoms with Crippen molar-refractivity contribution in [3.05, 3.63) is 12.2 Å². The van der Waals surface area contributed by atoms with Crippen LogP contribution in [0.25, 0.3) is 0 Å². The molecule has 1 aliphatic carbocycles. The van der Waals surface area contributed by atoms with E-state index in [0.29, 0.717) is 18.5 Å². The number of carbonyl (C=O) groups excluding carboxylic acids is 1. The van der Waals surface area contributed by atoms with Crippen molar-refractivity contribution < 1.29 is 4.79 Å². The number of guanidine groups is 1. The zero-order valence-corrected chi connectivity index (χ0v) is 16.2. The maximum absolute atomic E-state index is 11.8. The Balaban J connectivity index is 1.83. The lowest BCUT2D eigenvalue weighted by molar-refractivity contribution is -0.127. The van der Waals surface area contributed by atoms with Crippen LogP contribution in [0.5, 0.6) is 0 Å². The van der Waals surface area contributed by atoms with Crippen LogP contribution in [0.3, 0.4) is 0 Å². The van der Waals surface area contributed by atoms with Gasteiger partial charge in [0, 0.05) is 46.3 Å². The molecule has 2 fully saturated rings. The van der Waals surface area contributed by atoms with Crippen LogP contribution in [0.1, 0.15) is 39.0 Å². The predicted octanol–water partition coefficient (Wildman–Crippen LogP) is 1.45. The molecule has 0 aromatic carbocycles. The Labute approximate surface area is 152 Å². The van der Waals surface area contributed by atoms with Gasteiger partial charge in [0.1, 0.15) is 6.54 Å². The number of rotatable bonds is 7. The number of amides is 1. The Bertz CT molecular complexity index is 482. The molecule has 6 heteroatoms. The van der Waals surface area contributed by atoms with Gasteiger partial charge in [-0.3, -0.25) is 4.79 Å². The van der Waals surface area contributed by atoms with Crippen LogP contribution in [0.15, 0.2) is 17.1 Å². The SMILES string of the molecule is C=C(C)CNC(=NCC(=O)N(C)C)NC1CCN(CC2CCCC2)C1. The van der Waals surface area contributed by atoms with E-state index in [2.05, 4.69) is 27.1 Å². The zero-order chi connectivity index (χ0) is 18.2. The summed E-state index contributed by atoms with van der Waals surface area (Å²) in [4.78, 5) is 20.4.